The first-order valence-corrected chi connectivity index (χ1v) is 9.79. The molecule has 3 rings (SSSR count). The van der Waals surface area contributed by atoms with E-state index in [9.17, 15) is 18.8 Å². The summed E-state index contributed by atoms with van der Waals surface area (Å²) in [6.45, 7) is 0. The van der Waals surface area contributed by atoms with E-state index in [1.807, 2.05) is 0 Å². The highest BCUT2D eigenvalue weighted by Crippen LogP contribution is 2.19. The molecule has 168 valence electrons. The maximum Gasteiger partial charge on any atom is 0.343 e. The topological polar surface area (TPSA) is 106 Å². The van der Waals surface area contributed by atoms with Crippen LogP contribution >= 0.6 is 11.6 Å². The molecule has 8 nitrogen and oxygen atoms in total. The number of halogens is 2. The van der Waals surface area contributed by atoms with Crippen molar-refractivity contribution in [1.82, 2.24) is 5.43 Å². The number of ether oxygens (including phenoxy) is 2. The summed E-state index contributed by atoms with van der Waals surface area (Å²) in [6.07, 6.45) is 1.27. The van der Waals surface area contributed by atoms with Crippen LogP contribution < -0.4 is 20.2 Å². The van der Waals surface area contributed by atoms with Crippen LogP contribution in [0.2, 0.25) is 5.02 Å². The van der Waals surface area contributed by atoms with Crippen LogP contribution in [0.25, 0.3) is 0 Å². The molecule has 2 amide bonds. The van der Waals surface area contributed by atoms with Crippen LogP contribution in [0.15, 0.2) is 71.8 Å². The Kier molecular flexibility index (Phi) is 7.72. The number of hydrogen-bond donors (Lipinski definition) is 2. The Hall–Kier alpha value is -4.24. The predicted octanol–water partition coefficient (Wildman–Crippen LogP) is 3.80. The molecule has 0 saturated carbocycles. The van der Waals surface area contributed by atoms with Gasteiger partial charge in [-0.15, -0.1) is 0 Å². The molecule has 0 fully saturated rings. The number of anilines is 1. The molecule has 0 unspecified atom stereocenters. The van der Waals surface area contributed by atoms with Gasteiger partial charge in [0, 0.05) is 5.69 Å². The van der Waals surface area contributed by atoms with Gasteiger partial charge in [-0.1, -0.05) is 23.7 Å². The molecule has 10 heteroatoms. The van der Waals surface area contributed by atoms with Gasteiger partial charge >= 0.3 is 17.8 Å². The van der Waals surface area contributed by atoms with Crippen LogP contribution in [0.1, 0.15) is 15.9 Å². The lowest BCUT2D eigenvalue weighted by Crippen LogP contribution is -2.32. The van der Waals surface area contributed by atoms with Crippen LogP contribution in [-0.2, 0) is 9.59 Å². The fourth-order valence-corrected chi connectivity index (χ4v) is 2.71. The Morgan fingerprint density at radius 3 is 2.42 bits per heavy atom. The highest BCUT2D eigenvalue weighted by atomic mass is 35.5. The zero-order valence-electron chi connectivity index (χ0n) is 17.2. The van der Waals surface area contributed by atoms with Crippen LogP contribution in [0.4, 0.5) is 10.1 Å². The van der Waals surface area contributed by atoms with Gasteiger partial charge in [0.1, 0.15) is 17.3 Å². The van der Waals surface area contributed by atoms with Crippen molar-refractivity contribution in [3.8, 4) is 11.5 Å². The van der Waals surface area contributed by atoms with Crippen molar-refractivity contribution in [1.29, 1.82) is 0 Å². The van der Waals surface area contributed by atoms with Gasteiger partial charge in [-0.05, 0) is 60.2 Å². The monoisotopic (exact) mass is 469 g/mol. The molecule has 0 bridgehead atoms. The number of nitrogens with one attached hydrogen (secondary N) is 2. The number of methoxy groups -OCH3 is 1. The molecule has 33 heavy (non-hydrogen) atoms. The maximum absolute atomic E-state index is 13.2. The summed E-state index contributed by atoms with van der Waals surface area (Å²) >= 11 is 5.63. The molecule has 2 N–H and O–H groups in total. The van der Waals surface area contributed by atoms with Gasteiger partial charge in [0.25, 0.3) is 0 Å². The summed E-state index contributed by atoms with van der Waals surface area (Å²) in [7, 11) is 1.52. The summed E-state index contributed by atoms with van der Waals surface area (Å²) in [5.74, 6) is -2.40. The van der Waals surface area contributed by atoms with Crippen LogP contribution in [0, 0.1) is 5.82 Å². The highest BCUT2D eigenvalue weighted by molar-refractivity contribution is 6.39. The summed E-state index contributed by atoms with van der Waals surface area (Å²) in [6, 6.07) is 16.3. The number of carbonyl (C=O) groups is 3. The minimum absolute atomic E-state index is 0.150. The van der Waals surface area contributed by atoms with Crippen molar-refractivity contribution in [2.24, 2.45) is 5.10 Å². The second-order valence-electron chi connectivity index (χ2n) is 6.47. The fraction of sp³-hybridized carbons (Fsp3) is 0.0435. The molecule has 0 aliphatic rings. The zero-order valence-corrected chi connectivity index (χ0v) is 17.9. The van der Waals surface area contributed by atoms with Crippen molar-refractivity contribution < 1.29 is 28.2 Å². The lowest BCUT2D eigenvalue weighted by molar-refractivity contribution is -0.136. The van der Waals surface area contributed by atoms with E-state index in [2.05, 4.69) is 15.8 Å². The predicted molar refractivity (Wildman–Crippen MR) is 120 cm³/mol. The highest BCUT2D eigenvalue weighted by Gasteiger charge is 2.14. The molecule has 0 spiro atoms. The van der Waals surface area contributed by atoms with Gasteiger partial charge in [-0.25, -0.2) is 14.6 Å². The zero-order chi connectivity index (χ0) is 23.8. The fourth-order valence-electron chi connectivity index (χ4n) is 2.53. The molecule has 0 aliphatic heterocycles. The van der Waals surface area contributed by atoms with E-state index in [0.29, 0.717) is 16.9 Å². The van der Waals surface area contributed by atoms with Crippen LogP contribution in [-0.4, -0.2) is 31.1 Å². The summed E-state index contributed by atoms with van der Waals surface area (Å²) in [4.78, 5) is 36.1. The van der Waals surface area contributed by atoms with Crippen molar-refractivity contribution in [3.63, 3.8) is 0 Å². The Morgan fingerprint density at radius 1 is 0.970 bits per heavy atom. The van der Waals surface area contributed by atoms with E-state index >= 15 is 0 Å². The van der Waals surface area contributed by atoms with E-state index in [1.54, 1.807) is 42.5 Å². The standard InChI is InChI=1S/C23H17ClFN3O5/c1-32-17-8-5-15(6-9-17)23(31)33-18-4-2-3-14(11-18)13-26-28-22(30)21(29)27-16-7-10-20(25)19(24)12-16/h2-13H,1H3,(H,27,29)(H,28,30)/b26-13+. The normalized spacial score (nSPS) is 10.5. The summed E-state index contributed by atoms with van der Waals surface area (Å²) in [5, 5.41) is 5.78. The van der Waals surface area contributed by atoms with Crippen molar-refractivity contribution >= 4 is 41.3 Å². The van der Waals surface area contributed by atoms with E-state index in [0.717, 1.165) is 6.07 Å². The third-order valence-corrected chi connectivity index (χ3v) is 4.45. The van der Waals surface area contributed by atoms with E-state index in [4.69, 9.17) is 21.1 Å². The molecule has 3 aromatic rings. The minimum Gasteiger partial charge on any atom is -0.497 e. The van der Waals surface area contributed by atoms with Crippen molar-refractivity contribution in [2.75, 3.05) is 12.4 Å². The molecular formula is C23H17ClFN3O5. The minimum atomic E-state index is -1.05. The Bertz CT molecular complexity index is 1210. The molecule has 0 atom stereocenters. The Labute approximate surface area is 193 Å². The molecule has 3 aromatic carbocycles. The van der Waals surface area contributed by atoms with Crippen molar-refractivity contribution in [3.05, 3.63) is 88.7 Å². The Morgan fingerprint density at radius 2 is 1.73 bits per heavy atom. The maximum atomic E-state index is 13.2. The second kappa shape index (κ2) is 10.9. The SMILES string of the molecule is COc1ccc(C(=O)Oc2cccc(/C=N/NC(=O)C(=O)Nc3ccc(F)c(Cl)c3)c2)cc1. The average molecular weight is 470 g/mol. The molecule has 0 aromatic heterocycles. The number of hydrazone groups is 1. The third kappa shape index (κ3) is 6.62. The lowest BCUT2D eigenvalue weighted by Gasteiger charge is -2.06. The molecule has 0 heterocycles. The van der Waals surface area contributed by atoms with Gasteiger partial charge in [-0.3, -0.25) is 9.59 Å². The van der Waals surface area contributed by atoms with Gasteiger partial charge in [-0.2, -0.15) is 5.10 Å². The first-order chi connectivity index (χ1) is 15.9. The molecule has 0 saturated heterocycles. The van der Waals surface area contributed by atoms with Gasteiger partial charge in [0.2, 0.25) is 0 Å². The molecular weight excluding hydrogens is 453 g/mol. The van der Waals surface area contributed by atoms with Gasteiger partial charge < -0.3 is 14.8 Å². The van der Waals surface area contributed by atoms with Crippen molar-refractivity contribution in [2.45, 2.75) is 0 Å². The molecule has 0 aliphatic carbocycles. The number of hydrogen-bond acceptors (Lipinski definition) is 6. The van der Waals surface area contributed by atoms with Crippen LogP contribution in [0.5, 0.6) is 11.5 Å². The second-order valence-corrected chi connectivity index (χ2v) is 6.88. The number of esters is 1. The quantitative estimate of drug-likeness (QED) is 0.188. The smallest absolute Gasteiger partial charge is 0.343 e. The number of carbonyl (C=O) groups excluding carboxylic acids is 3. The summed E-state index contributed by atoms with van der Waals surface area (Å²) in [5.41, 5.74) is 3.06. The largest absolute Gasteiger partial charge is 0.497 e. The number of rotatable bonds is 6. The number of amides is 2. The lowest BCUT2D eigenvalue weighted by atomic mass is 10.2. The summed E-state index contributed by atoms with van der Waals surface area (Å²) < 4.78 is 23.5. The van der Waals surface area contributed by atoms with E-state index in [-0.39, 0.29) is 16.5 Å². The number of nitrogens with zero attached hydrogens (tertiary/aromatic N) is 1. The van der Waals surface area contributed by atoms with Gasteiger partial charge in [0.15, 0.2) is 0 Å². The first-order valence-electron chi connectivity index (χ1n) is 9.41. The van der Waals surface area contributed by atoms with E-state index in [1.165, 1.54) is 31.5 Å². The average Bonchev–Trinajstić information content (AvgIpc) is 2.81. The Balaban J connectivity index is 1.55. The van der Waals surface area contributed by atoms with E-state index < -0.39 is 23.6 Å². The number of benzene rings is 3. The third-order valence-electron chi connectivity index (χ3n) is 4.16. The first kappa shape index (κ1) is 23.4. The molecule has 0 radical (unpaired) electrons. The van der Waals surface area contributed by atoms with Crippen LogP contribution in [0.3, 0.4) is 0 Å². The van der Waals surface area contributed by atoms with Gasteiger partial charge in [0.05, 0.1) is 23.9 Å².